The van der Waals surface area contributed by atoms with Crippen LogP contribution in [0.4, 0.5) is 0 Å². The van der Waals surface area contributed by atoms with Crippen molar-refractivity contribution in [1.29, 1.82) is 0 Å². The summed E-state index contributed by atoms with van der Waals surface area (Å²) < 4.78 is 16.5. The molecule has 1 aliphatic carbocycles. The van der Waals surface area contributed by atoms with Crippen molar-refractivity contribution in [3.05, 3.63) is 23.3 Å². The molecule has 0 aromatic heterocycles. The number of rotatable bonds is 4. The molecule has 4 nitrogen and oxygen atoms in total. The van der Waals surface area contributed by atoms with Gasteiger partial charge in [0.05, 0.1) is 32.8 Å². The van der Waals surface area contributed by atoms with Gasteiger partial charge in [0.25, 0.3) is 0 Å². The summed E-state index contributed by atoms with van der Waals surface area (Å²) in [4.78, 5) is 0. The molecule has 0 bridgehead atoms. The fourth-order valence-electron chi connectivity index (χ4n) is 3.05. The number of hydrogen-bond donors (Lipinski definition) is 1. The molecule has 0 atom stereocenters. The summed E-state index contributed by atoms with van der Waals surface area (Å²) in [7, 11) is 3.39. The van der Waals surface area contributed by atoms with Gasteiger partial charge in [-0.25, -0.2) is 0 Å². The van der Waals surface area contributed by atoms with Crippen molar-refractivity contribution < 1.29 is 14.2 Å². The maximum atomic E-state index is 6.50. The van der Waals surface area contributed by atoms with E-state index in [9.17, 15) is 0 Å². The molecule has 1 aliphatic heterocycles. The van der Waals surface area contributed by atoms with E-state index in [4.69, 9.17) is 19.9 Å². The third-order valence-corrected chi connectivity index (χ3v) is 4.67. The van der Waals surface area contributed by atoms with Crippen molar-refractivity contribution in [3.63, 3.8) is 0 Å². The van der Waals surface area contributed by atoms with Crippen LogP contribution in [-0.2, 0) is 10.2 Å². The van der Waals surface area contributed by atoms with Crippen LogP contribution in [0.5, 0.6) is 11.5 Å². The number of nitrogens with two attached hydrogens (primary N) is 1. The first-order valence-electron chi connectivity index (χ1n) is 6.66. The highest BCUT2D eigenvalue weighted by molar-refractivity contribution is 5.53. The van der Waals surface area contributed by atoms with Gasteiger partial charge in [-0.3, -0.25) is 0 Å². The summed E-state index contributed by atoms with van der Waals surface area (Å²) in [6.07, 6.45) is 2.10. The fraction of sp³-hybridized carbons (Fsp3) is 0.600. The Labute approximate surface area is 113 Å². The topological polar surface area (TPSA) is 53.7 Å². The highest BCUT2D eigenvalue weighted by Crippen LogP contribution is 2.56. The largest absolute Gasteiger partial charge is 0.496 e. The van der Waals surface area contributed by atoms with E-state index < -0.39 is 0 Å². The van der Waals surface area contributed by atoms with E-state index in [0.717, 1.165) is 35.5 Å². The molecule has 19 heavy (non-hydrogen) atoms. The van der Waals surface area contributed by atoms with Crippen LogP contribution in [-0.4, -0.2) is 33.0 Å². The van der Waals surface area contributed by atoms with Gasteiger partial charge in [0.15, 0.2) is 0 Å². The average molecular weight is 263 g/mol. The van der Waals surface area contributed by atoms with E-state index in [1.807, 2.05) is 13.0 Å². The van der Waals surface area contributed by atoms with Crippen LogP contribution in [0.25, 0.3) is 0 Å². The van der Waals surface area contributed by atoms with E-state index in [-0.39, 0.29) is 11.0 Å². The van der Waals surface area contributed by atoms with E-state index in [1.165, 1.54) is 0 Å². The maximum Gasteiger partial charge on any atom is 0.123 e. The highest BCUT2D eigenvalue weighted by atomic mass is 16.5. The molecule has 0 unspecified atom stereocenters. The lowest BCUT2D eigenvalue weighted by Gasteiger charge is -2.47. The average Bonchev–Trinajstić information content (AvgIpc) is 3.08. The van der Waals surface area contributed by atoms with Crippen LogP contribution in [0.3, 0.4) is 0 Å². The Kier molecular flexibility index (Phi) is 2.76. The van der Waals surface area contributed by atoms with Crippen molar-refractivity contribution in [1.82, 2.24) is 0 Å². The molecule has 3 rings (SSSR count). The van der Waals surface area contributed by atoms with Gasteiger partial charge < -0.3 is 19.9 Å². The Morgan fingerprint density at radius 1 is 1.11 bits per heavy atom. The second-order valence-corrected chi connectivity index (χ2v) is 5.75. The Hall–Kier alpha value is -1.26. The zero-order valence-electron chi connectivity index (χ0n) is 11.8. The maximum absolute atomic E-state index is 6.50. The van der Waals surface area contributed by atoms with Gasteiger partial charge in [-0.05, 0) is 37.5 Å². The predicted octanol–water partition coefficient (Wildman–Crippen LogP) is 1.77. The number of hydrogen-bond acceptors (Lipinski definition) is 4. The molecular weight excluding hydrogens is 242 g/mol. The fourth-order valence-corrected chi connectivity index (χ4v) is 3.05. The molecule has 0 spiro atoms. The Morgan fingerprint density at radius 3 is 2.16 bits per heavy atom. The predicted molar refractivity (Wildman–Crippen MR) is 72.9 cm³/mol. The highest BCUT2D eigenvalue weighted by Gasteiger charge is 2.62. The van der Waals surface area contributed by atoms with E-state index in [1.54, 1.807) is 14.2 Å². The first-order valence-corrected chi connectivity index (χ1v) is 6.66. The van der Waals surface area contributed by atoms with Crippen LogP contribution in [0.2, 0.25) is 0 Å². The number of aryl methyl sites for hydroxylation is 1. The third-order valence-electron chi connectivity index (χ3n) is 4.67. The lowest BCUT2D eigenvalue weighted by molar-refractivity contribution is -0.0795. The molecule has 4 heteroatoms. The van der Waals surface area contributed by atoms with Crippen molar-refractivity contribution in [3.8, 4) is 11.5 Å². The van der Waals surface area contributed by atoms with Crippen LogP contribution < -0.4 is 15.2 Å². The van der Waals surface area contributed by atoms with E-state index >= 15 is 0 Å². The summed E-state index contributed by atoms with van der Waals surface area (Å²) in [6.45, 7) is 3.36. The molecule has 104 valence electrons. The van der Waals surface area contributed by atoms with Gasteiger partial charge in [0, 0.05) is 11.1 Å². The summed E-state index contributed by atoms with van der Waals surface area (Å²) in [5, 5.41) is 0. The van der Waals surface area contributed by atoms with Gasteiger partial charge >= 0.3 is 0 Å². The van der Waals surface area contributed by atoms with Crippen molar-refractivity contribution in [2.75, 3.05) is 27.4 Å². The first-order chi connectivity index (χ1) is 9.06. The molecule has 2 N–H and O–H groups in total. The van der Waals surface area contributed by atoms with Crippen LogP contribution in [0.15, 0.2) is 12.1 Å². The number of benzene rings is 1. The zero-order chi connectivity index (χ0) is 13.7. The lowest BCUT2D eigenvalue weighted by Crippen LogP contribution is -2.60. The van der Waals surface area contributed by atoms with E-state index in [0.29, 0.717) is 13.2 Å². The van der Waals surface area contributed by atoms with Gasteiger partial charge in [-0.15, -0.1) is 0 Å². The Morgan fingerprint density at radius 2 is 1.74 bits per heavy atom. The molecular formula is C15H21NO3. The lowest BCUT2D eigenvalue weighted by atomic mass is 9.70. The van der Waals surface area contributed by atoms with E-state index in [2.05, 4.69) is 6.07 Å². The smallest absolute Gasteiger partial charge is 0.123 e. The molecule has 1 saturated heterocycles. The second-order valence-electron chi connectivity index (χ2n) is 5.75. The minimum atomic E-state index is -0.140. The van der Waals surface area contributed by atoms with Crippen LogP contribution in [0, 0.1) is 6.92 Å². The molecule has 0 radical (unpaired) electrons. The molecule has 2 aliphatic rings. The monoisotopic (exact) mass is 263 g/mol. The molecule has 0 amide bonds. The van der Waals surface area contributed by atoms with Crippen LogP contribution in [0.1, 0.15) is 24.0 Å². The molecule has 1 aromatic carbocycles. The normalized spacial score (nSPS) is 22.5. The molecule has 1 heterocycles. The first kappa shape index (κ1) is 12.8. The summed E-state index contributed by atoms with van der Waals surface area (Å²) in [6, 6.07) is 4.10. The SMILES string of the molecule is COc1cc(C2(C3(N)CC3)COC2)c(OC)cc1C. The van der Waals surface area contributed by atoms with Crippen LogP contribution >= 0.6 is 0 Å². The van der Waals surface area contributed by atoms with Crippen molar-refractivity contribution >= 4 is 0 Å². The van der Waals surface area contributed by atoms with Gasteiger partial charge in [-0.1, -0.05) is 0 Å². The zero-order valence-corrected chi connectivity index (χ0v) is 11.8. The van der Waals surface area contributed by atoms with Crippen molar-refractivity contribution in [2.45, 2.75) is 30.7 Å². The summed E-state index contributed by atoms with van der Waals surface area (Å²) in [5.74, 6) is 1.77. The second kappa shape index (κ2) is 4.12. The number of ether oxygens (including phenoxy) is 3. The minimum Gasteiger partial charge on any atom is -0.496 e. The Bertz CT molecular complexity index is 504. The van der Waals surface area contributed by atoms with Gasteiger partial charge in [0.2, 0.25) is 0 Å². The Balaban J connectivity index is 2.12. The summed E-state index contributed by atoms with van der Waals surface area (Å²) >= 11 is 0. The molecule has 1 aromatic rings. The van der Waals surface area contributed by atoms with Gasteiger partial charge in [-0.2, -0.15) is 0 Å². The number of methoxy groups -OCH3 is 2. The standard InChI is InChI=1S/C15H21NO3/c1-10-6-13(18-3)11(7-12(10)17-2)14(8-19-9-14)15(16)4-5-15/h6-7H,4-5,8-9,16H2,1-3H3. The van der Waals surface area contributed by atoms with Gasteiger partial charge in [0.1, 0.15) is 11.5 Å². The third kappa shape index (κ3) is 1.66. The quantitative estimate of drug-likeness (QED) is 0.899. The summed E-state index contributed by atoms with van der Waals surface area (Å²) in [5.41, 5.74) is 8.44. The molecule has 1 saturated carbocycles. The van der Waals surface area contributed by atoms with Crippen molar-refractivity contribution in [2.24, 2.45) is 5.73 Å². The molecule has 2 fully saturated rings. The minimum absolute atomic E-state index is 0.112.